The molecule has 0 saturated heterocycles. The fourth-order valence-corrected chi connectivity index (χ4v) is 1.37. The van der Waals surface area contributed by atoms with E-state index in [4.69, 9.17) is 10.8 Å². The Morgan fingerprint density at radius 3 is 2.71 bits per heavy atom. The maximum atomic E-state index is 11.0. The van der Waals surface area contributed by atoms with Crippen molar-refractivity contribution in [2.45, 2.75) is 12.8 Å². The molecule has 0 aromatic heterocycles. The van der Waals surface area contributed by atoms with Gasteiger partial charge < -0.3 is 16.2 Å². The van der Waals surface area contributed by atoms with Gasteiger partial charge in [-0.1, -0.05) is 0 Å². The number of thioether (sulfide) groups is 1. The smallest absolute Gasteiger partial charge is 0.303 e. The Labute approximate surface area is 87.4 Å². The summed E-state index contributed by atoms with van der Waals surface area (Å²) in [5.74, 6) is 0.262. The largest absolute Gasteiger partial charge is 0.481 e. The van der Waals surface area contributed by atoms with Gasteiger partial charge in [0, 0.05) is 25.3 Å². The summed E-state index contributed by atoms with van der Waals surface area (Å²) in [5, 5.41) is 11.0. The van der Waals surface area contributed by atoms with Gasteiger partial charge in [-0.3, -0.25) is 9.59 Å². The van der Waals surface area contributed by atoms with Crippen LogP contribution in [0, 0.1) is 0 Å². The van der Waals surface area contributed by atoms with Gasteiger partial charge in [-0.2, -0.15) is 11.8 Å². The lowest BCUT2D eigenvalue weighted by molar-refractivity contribution is -0.137. The molecule has 14 heavy (non-hydrogen) atoms. The lowest BCUT2D eigenvalue weighted by Gasteiger charge is -2.03. The van der Waals surface area contributed by atoms with Gasteiger partial charge >= 0.3 is 5.97 Å². The van der Waals surface area contributed by atoms with Crippen LogP contribution in [0.15, 0.2) is 0 Å². The van der Waals surface area contributed by atoms with Crippen LogP contribution in [0.4, 0.5) is 0 Å². The number of rotatable bonds is 8. The second-order valence-electron chi connectivity index (χ2n) is 2.69. The summed E-state index contributed by atoms with van der Waals surface area (Å²) in [6.07, 6.45) is 0.568. The zero-order chi connectivity index (χ0) is 10.8. The Balaban J connectivity index is 3.22. The lowest BCUT2D eigenvalue weighted by atomic mass is 10.3. The summed E-state index contributed by atoms with van der Waals surface area (Å²) in [7, 11) is 0. The van der Waals surface area contributed by atoms with E-state index < -0.39 is 5.97 Å². The number of nitrogens with one attached hydrogen (secondary N) is 1. The normalized spacial score (nSPS) is 9.79. The van der Waals surface area contributed by atoms with Gasteiger partial charge in [-0.25, -0.2) is 0 Å². The van der Waals surface area contributed by atoms with Crippen molar-refractivity contribution in [1.82, 2.24) is 5.32 Å². The van der Waals surface area contributed by atoms with E-state index in [-0.39, 0.29) is 12.3 Å². The molecule has 0 aliphatic rings. The predicted molar refractivity (Wildman–Crippen MR) is 56.3 cm³/mol. The van der Waals surface area contributed by atoms with Gasteiger partial charge in [0.1, 0.15) is 0 Å². The fourth-order valence-electron chi connectivity index (χ4n) is 0.767. The van der Waals surface area contributed by atoms with Gasteiger partial charge in [-0.05, 0) is 6.42 Å². The van der Waals surface area contributed by atoms with Crippen LogP contribution in [0.25, 0.3) is 0 Å². The molecule has 6 heteroatoms. The monoisotopic (exact) mass is 220 g/mol. The van der Waals surface area contributed by atoms with Crippen LogP contribution >= 0.6 is 11.8 Å². The standard InChI is InChI=1S/C8H16N2O3S/c9-3-5-14-6-7(11)10-4-1-2-8(12)13/h1-6,9H2,(H,10,11)(H,12,13). The van der Waals surface area contributed by atoms with Crippen molar-refractivity contribution < 1.29 is 14.7 Å². The molecular weight excluding hydrogens is 204 g/mol. The van der Waals surface area contributed by atoms with Gasteiger partial charge in [0.25, 0.3) is 0 Å². The molecule has 0 rings (SSSR count). The Morgan fingerprint density at radius 2 is 2.14 bits per heavy atom. The van der Waals surface area contributed by atoms with Crippen molar-refractivity contribution in [3.8, 4) is 0 Å². The van der Waals surface area contributed by atoms with Crippen molar-refractivity contribution in [1.29, 1.82) is 0 Å². The summed E-state index contributed by atoms with van der Waals surface area (Å²) < 4.78 is 0. The molecule has 0 spiro atoms. The molecule has 0 atom stereocenters. The van der Waals surface area contributed by atoms with E-state index >= 15 is 0 Å². The fraction of sp³-hybridized carbons (Fsp3) is 0.750. The molecular formula is C8H16N2O3S. The minimum Gasteiger partial charge on any atom is -0.481 e. The van der Waals surface area contributed by atoms with E-state index in [0.717, 1.165) is 5.75 Å². The molecule has 0 fully saturated rings. The maximum absolute atomic E-state index is 11.0. The second kappa shape index (κ2) is 8.83. The number of carboxylic acid groups (broad SMARTS) is 1. The maximum Gasteiger partial charge on any atom is 0.303 e. The molecule has 0 heterocycles. The highest BCUT2D eigenvalue weighted by molar-refractivity contribution is 7.99. The number of hydrogen-bond acceptors (Lipinski definition) is 4. The van der Waals surface area contributed by atoms with Gasteiger partial charge in [0.15, 0.2) is 0 Å². The van der Waals surface area contributed by atoms with Gasteiger partial charge in [0.05, 0.1) is 5.75 Å². The predicted octanol–water partition coefficient (Wildman–Crippen LogP) is -0.341. The van der Waals surface area contributed by atoms with E-state index in [9.17, 15) is 9.59 Å². The molecule has 0 unspecified atom stereocenters. The number of carboxylic acids is 1. The first-order chi connectivity index (χ1) is 6.66. The molecule has 1 amide bonds. The zero-order valence-corrected chi connectivity index (χ0v) is 8.81. The van der Waals surface area contributed by atoms with Crippen molar-refractivity contribution in [2.75, 3.05) is 24.6 Å². The molecule has 0 aliphatic heterocycles. The van der Waals surface area contributed by atoms with E-state index in [1.165, 1.54) is 11.8 Å². The van der Waals surface area contributed by atoms with E-state index in [1.54, 1.807) is 0 Å². The quantitative estimate of drug-likeness (QED) is 0.487. The number of nitrogens with two attached hydrogens (primary N) is 1. The summed E-state index contributed by atoms with van der Waals surface area (Å²) in [6, 6.07) is 0. The molecule has 0 bridgehead atoms. The van der Waals surface area contributed by atoms with Crippen molar-refractivity contribution >= 4 is 23.6 Å². The van der Waals surface area contributed by atoms with E-state index in [2.05, 4.69) is 5.32 Å². The van der Waals surface area contributed by atoms with Crippen LogP contribution in [0.3, 0.4) is 0 Å². The first-order valence-corrected chi connectivity index (χ1v) is 5.58. The van der Waals surface area contributed by atoms with Crippen LogP contribution in [0.5, 0.6) is 0 Å². The first-order valence-electron chi connectivity index (χ1n) is 4.43. The first kappa shape index (κ1) is 13.2. The Hall–Kier alpha value is -0.750. The third-order valence-electron chi connectivity index (χ3n) is 1.38. The van der Waals surface area contributed by atoms with Crippen molar-refractivity contribution in [2.24, 2.45) is 5.73 Å². The number of carbonyl (C=O) groups is 2. The van der Waals surface area contributed by atoms with Gasteiger partial charge in [0.2, 0.25) is 5.91 Å². The number of amides is 1. The van der Waals surface area contributed by atoms with Crippen molar-refractivity contribution in [3.05, 3.63) is 0 Å². The van der Waals surface area contributed by atoms with E-state index in [0.29, 0.717) is 25.3 Å². The highest BCUT2D eigenvalue weighted by Gasteiger charge is 2.01. The molecule has 5 nitrogen and oxygen atoms in total. The van der Waals surface area contributed by atoms with E-state index in [1.807, 2.05) is 0 Å². The molecule has 82 valence electrons. The minimum atomic E-state index is -0.836. The molecule has 4 N–H and O–H groups in total. The average Bonchev–Trinajstić information content (AvgIpc) is 2.13. The van der Waals surface area contributed by atoms with Crippen LogP contribution in [-0.4, -0.2) is 41.6 Å². The molecule has 0 saturated carbocycles. The highest BCUT2D eigenvalue weighted by atomic mass is 32.2. The van der Waals surface area contributed by atoms with Crippen LogP contribution in [0.1, 0.15) is 12.8 Å². The molecule has 0 aromatic rings. The molecule has 0 aromatic carbocycles. The number of carbonyl (C=O) groups excluding carboxylic acids is 1. The van der Waals surface area contributed by atoms with Gasteiger partial charge in [-0.15, -0.1) is 0 Å². The third-order valence-corrected chi connectivity index (χ3v) is 2.38. The lowest BCUT2D eigenvalue weighted by Crippen LogP contribution is -2.26. The topological polar surface area (TPSA) is 92.4 Å². The molecule has 0 aliphatic carbocycles. The zero-order valence-electron chi connectivity index (χ0n) is 7.99. The SMILES string of the molecule is NCCSCC(=O)NCCCC(=O)O. The number of hydrogen-bond donors (Lipinski definition) is 3. The van der Waals surface area contributed by atoms with Crippen LogP contribution in [-0.2, 0) is 9.59 Å². The summed E-state index contributed by atoms with van der Waals surface area (Å²) >= 11 is 1.47. The third kappa shape index (κ3) is 9.34. The van der Waals surface area contributed by atoms with Crippen LogP contribution in [0.2, 0.25) is 0 Å². The summed E-state index contributed by atoms with van der Waals surface area (Å²) in [4.78, 5) is 21.2. The Bertz CT molecular complexity index is 187. The average molecular weight is 220 g/mol. The second-order valence-corrected chi connectivity index (χ2v) is 3.79. The highest BCUT2D eigenvalue weighted by Crippen LogP contribution is 1.96. The summed E-state index contributed by atoms with van der Waals surface area (Å²) in [5.41, 5.74) is 5.25. The summed E-state index contributed by atoms with van der Waals surface area (Å²) in [6.45, 7) is 0.991. The minimum absolute atomic E-state index is 0.0613. The van der Waals surface area contributed by atoms with Crippen molar-refractivity contribution in [3.63, 3.8) is 0 Å². The Kier molecular flexibility index (Phi) is 8.36. The molecule has 0 radical (unpaired) electrons. The van der Waals surface area contributed by atoms with Crippen LogP contribution < -0.4 is 11.1 Å². The Morgan fingerprint density at radius 1 is 1.43 bits per heavy atom. The number of aliphatic carboxylic acids is 1.